The van der Waals surface area contributed by atoms with E-state index in [-0.39, 0.29) is 5.91 Å². The second-order valence-electron chi connectivity index (χ2n) is 4.81. The fourth-order valence-electron chi connectivity index (χ4n) is 2.36. The minimum atomic E-state index is -0.980. The molecule has 1 aliphatic heterocycles. The van der Waals surface area contributed by atoms with Gasteiger partial charge in [0.15, 0.2) is 0 Å². The maximum atomic E-state index is 12.2. The summed E-state index contributed by atoms with van der Waals surface area (Å²) in [7, 11) is 0. The summed E-state index contributed by atoms with van der Waals surface area (Å²) in [6.45, 7) is 2.13. The Bertz CT molecular complexity index is 501. The van der Waals surface area contributed by atoms with Gasteiger partial charge in [-0.05, 0) is 17.5 Å². The zero-order valence-electron chi connectivity index (χ0n) is 10.9. The lowest BCUT2D eigenvalue weighted by Gasteiger charge is -2.35. The van der Waals surface area contributed by atoms with E-state index >= 15 is 0 Å². The molecule has 0 unspecified atom stereocenters. The summed E-state index contributed by atoms with van der Waals surface area (Å²) < 4.78 is 0. The van der Waals surface area contributed by atoms with E-state index < -0.39 is 18.1 Å². The predicted octanol–water partition coefficient (Wildman–Crippen LogP) is 0.762. The highest BCUT2D eigenvalue weighted by molar-refractivity contribution is 5.87. The Balaban J connectivity index is 2.31. The van der Waals surface area contributed by atoms with E-state index in [9.17, 15) is 14.7 Å². The summed E-state index contributed by atoms with van der Waals surface area (Å²) in [6.07, 6.45) is 0.844. The third-order valence-corrected chi connectivity index (χ3v) is 3.57. The third kappa shape index (κ3) is 2.61. The summed E-state index contributed by atoms with van der Waals surface area (Å²) in [5.74, 6) is -1.27. The van der Waals surface area contributed by atoms with Gasteiger partial charge in [-0.25, -0.2) is 4.79 Å². The van der Waals surface area contributed by atoms with Gasteiger partial charge in [0.2, 0.25) is 5.91 Å². The summed E-state index contributed by atoms with van der Waals surface area (Å²) >= 11 is 0. The smallest absolute Gasteiger partial charge is 0.326 e. The van der Waals surface area contributed by atoms with Crippen molar-refractivity contribution in [1.29, 1.82) is 0 Å². The summed E-state index contributed by atoms with van der Waals surface area (Å²) in [5.41, 5.74) is 7.73. The van der Waals surface area contributed by atoms with Crippen molar-refractivity contribution in [3.8, 4) is 0 Å². The first-order valence-electron chi connectivity index (χ1n) is 6.40. The minimum Gasteiger partial charge on any atom is -0.480 e. The first-order valence-corrected chi connectivity index (χ1v) is 6.40. The molecule has 5 nitrogen and oxygen atoms in total. The van der Waals surface area contributed by atoms with Crippen LogP contribution in [0, 0.1) is 0 Å². The number of rotatable bonds is 3. The van der Waals surface area contributed by atoms with Gasteiger partial charge in [-0.1, -0.05) is 31.2 Å². The Morgan fingerprint density at radius 3 is 2.63 bits per heavy atom. The lowest BCUT2D eigenvalue weighted by molar-refractivity contribution is -0.152. The highest BCUT2D eigenvalue weighted by Gasteiger charge is 2.35. The van der Waals surface area contributed by atoms with Crippen LogP contribution in [-0.2, 0) is 22.6 Å². The Morgan fingerprint density at radius 1 is 1.42 bits per heavy atom. The second-order valence-corrected chi connectivity index (χ2v) is 4.81. The molecule has 5 heteroatoms. The molecular formula is C14H18N2O3. The zero-order valence-corrected chi connectivity index (χ0v) is 10.9. The van der Waals surface area contributed by atoms with Gasteiger partial charge in [0, 0.05) is 13.0 Å². The summed E-state index contributed by atoms with van der Waals surface area (Å²) in [5, 5.41) is 9.30. The number of carbonyl (C=O) groups excluding carboxylic acids is 1. The zero-order chi connectivity index (χ0) is 14.0. The van der Waals surface area contributed by atoms with Gasteiger partial charge in [0.25, 0.3) is 0 Å². The number of carboxylic acids is 1. The van der Waals surface area contributed by atoms with E-state index in [2.05, 4.69) is 0 Å². The van der Waals surface area contributed by atoms with Crippen LogP contribution in [0.2, 0.25) is 0 Å². The highest BCUT2D eigenvalue weighted by Crippen LogP contribution is 2.24. The number of fused-ring (bicyclic) bond motifs is 1. The molecule has 1 heterocycles. The van der Waals surface area contributed by atoms with E-state index in [0.29, 0.717) is 19.4 Å². The van der Waals surface area contributed by atoms with Crippen molar-refractivity contribution in [2.75, 3.05) is 0 Å². The maximum absolute atomic E-state index is 12.2. The molecule has 0 fully saturated rings. The molecule has 0 saturated heterocycles. The third-order valence-electron chi connectivity index (χ3n) is 3.57. The summed E-state index contributed by atoms with van der Waals surface area (Å²) in [4.78, 5) is 24.9. The van der Waals surface area contributed by atoms with E-state index in [1.54, 1.807) is 0 Å². The number of amides is 1. The molecular weight excluding hydrogens is 244 g/mol. The Hall–Kier alpha value is -1.88. The van der Waals surface area contributed by atoms with Gasteiger partial charge in [0.1, 0.15) is 6.04 Å². The average Bonchev–Trinajstić information content (AvgIpc) is 2.44. The Labute approximate surface area is 112 Å². The molecule has 1 amide bonds. The van der Waals surface area contributed by atoms with Gasteiger partial charge < -0.3 is 15.7 Å². The summed E-state index contributed by atoms with van der Waals surface area (Å²) in [6, 6.07) is 6.15. The lowest BCUT2D eigenvalue weighted by Crippen LogP contribution is -2.53. The number of carbonyl (C=O) groups is 2. The van der Waals surface area contributed by atoms with Crippen LogP contribution >= 0.6 is 0 Å². The van der Waals surface area contributed by atoms with Crippen LogP contribution in [-0.4, -0.2) is 34.0 Å². The molecule has 2 rings (SSSR count). The number of nitrogens with two attached hydrogens (primary N) is 1. The lowest BCUT2D eigenvalue weighted by atomic mass is 9.93. The molecule has 3 N–H and O–H groups in total. The minimum absolute atomic E-state index is 0.288. The van der Waals surface area contributed by atoms with Gasteiger partial charge in [-0.15, -0.1) is 0 Å². The molecule has 0 spiro atoms. The van der Waals surface area contributed by atoms with E-state index in [1.165, 1.54) is 4.90 Å². The highest BCUT2D eigenvalue weighted by atomic mass is 16.4. The SMILES string of the molecule is CC[C@@H](N)C(=O)N1Cc2ccccc2C[C@H]1C(=O)O. The fraction of sp³-hybridized carbons (Fsp3) is 0.429. The van der Waals surface area contributed by atoms with E-state index in [1.807, 2.05) is 31.2 Å². The van der Waals surface area contributed by atoms with Crippen molar-refractivity contribution >= 4 is 11.9 Å². The van der Waals surface area contributed by atoms with Crippen molar-refractivity contribution in [1.82, 2.24) is 4.90 Å². The van der Waals surface area contributed by atoms with Crippen LogP contribution in [0.15, 0.2) is 24.3 Å². The number of aliphatic carboxylic acids is 1. The first kappa shape index (κ1) is 13.5. The second kappa shape index (κ2) is 5.40. The molecule has 0 aliphatic carbocycles. The van der Waals surface area contributed by atoms with Gasteiger partial charge in [-0.2, -0.15) is 0 Å². The van der Waals surface area contributed by atoms with Gasteiger partial charge >= 0.3 is 5.97 Å². The number of nitrogens with zero attached hydrogens (tertiary/aromatic N) is 1. The predicted molar refractivity (Wildman–Crippen MR) is 70.4 cm³/mol. The largest absolute Gasteiger partial charge is 0.480 e. The standard InChI is InChI=1S/C14H18N2O3/c1-2-11(15)13(17)16-8-10-6-4-3-5-9(10)7-12(16)14(18)19/h3-6,11-12H,2,7-8,15H2,1H3,(H,18,19)/t11-,12+/m1/s1. The normalized spacial score (nSPS) is 19.7. The number of hydrogen-bond acceptors (Lipinski definition) is 3. The number of benzene rings is 1. The van der Waals surface area contributed by atoms with Crippen LogP contribution in [0.4, 0.5) is 0 Å². The van der Waals surface area contributed by atoms with Crippen molar-refractivity contribution in [3.05, 3.63) is 35.4 Å². The van der Waals surface area contributed by atoms with Crippen molar-refractivity contribution < 1.29 is 14.7 Å². The quantitative estimate of drug-likeness (QED) is 0.842. The molecule has 0 aromatic heterocycles. The topological polar surface area (TPSA) is 83.6 Å². The van der Waals surface area contributed by atoms with Crippen LogP contribution in [0.25, 0.3) is 0 Å². The van der Waals surface area contributed by atoms with Crippen LogP contribution < -0.4 is 5.73 Å². The first-order chi connectivity index (χ1) is 9.04. The molecule has 102 valence electrons. The van der Waals surface area contributed by atoms with Crippen LogP contribution in [0.1, 0.15) is 24.5 Å². The Morgan fingerprint density at radius 2 is 2.05 bits per heavy atom. The van der Waals surface area contributed by atoms with Crippen molar-refractivity contribution in [2.45, 2.75) is 38.4 Å². The molecule has 1 aromatic rings. The van der Waals surface area contributed by atoms with Crippen molar-refractivity contribution in [2.24, 2.45) is 5.73 Å². The molecule has 2 atom stereocenters. The molecule has 1 aromatic carbocycles. The van der Waals surface area contributed by atoms with Gasteiger partial charge in [0.05, 0.1) is 6.04 Å². The Kier molecular flexibility index (Phi) is 3.85. The molecule has 0 bridgehead atoms. The van der Waals surface area contributed by atoms with Crippen molar-refractivity contribution in [3.63, 3.8) is 0 Å². The maximum Gasteiger partial charge on any atom is 0.326 e. The molecule has 19 heavy (non-hydrogen) atoms. The monoisotopic (exact) mass is 262 g/mol. The van der Waals surface area contributed by atoms with E-state index in [0.717, 1.165) is 11.1 Å². The molecule has 1 aliphatic rings. The van der Waals surface area contributed by atoms with Gasteiger partial charge in [-0.3, -0.25) is 4.79 Å². The number of carboxylic acid groups (broad SMARTS) is 1. The molecule has 0 saturated carbocycles. The fourth-order valence-corrected chi connectivity index (χ4v) is 2.36. The van der Waals surface area contributed by atoms with Crippen LogP contribution in [0.3, 0.4) is 0 Å². The molecule has 0 radical (unpaired) electrons. The van der Waals surface area contributed by atoms with Crippen LogP contribution in [0.5, 0.6) is 0 Å². The number of hydrogen-bond donors (Lipinski definition) is 2. The average molecular weight is 262 g/mol. The van der Waals surface area contributed by atoms with E-state index in [4.69, 9.17) is 5.73 Å².